The van der Waals surface area contributed by atoms with E-state index in [1.54, 1.807) is 19.1 Å². The summed E-state index contributed by atoms with van der Waals surface area (Å²) in [5.41, 5.74) is 1.49. The molecular weight excluding hydrogens is 253 g/mol. The number of nitrogens with zero attached hydrogens (tertiary/aromatic N) is 1. The van der Waals surface area contributed by atoms with E-state index in [0.717, 1.165) is 10.6 Å². The largest absolute Gasteiger partial charge is 0.498 e. The monoisotopic (exact) mass is 259 g/mol. The molecule has 0 aliphatic heterocycles. The molecule has 1 heterocycles. The SMILES string of the molecule is Cc1nc(-c2ccc(Cl)c(Cl)c2)sc1O. The zero-order valence-corrected chi connectivity index (χ0v) is 10.1. The lowest BCUT2D eigenvalue weighted by molar-refractivity contribution is 0.485. The predicted octanol–water partition coefficient (Wildman–Crippen LogP) is 4.13. The number of aryl methyl sites for hydroxylation is 1. The molecule has 1 aromatic heterocycles. The van der Waals surface area contributed by atoms with E-state index in [2.05, 4.69) is 4.98 Å². The van der Waals surface area contributed by atoms with Gasteiger partial charge in [0.2, 0.25) is 0 Å². The van der Waals surface area contributed by atoms with Crippen molar-refractivity contribution in [3.05, 3.63) is 33.9 Å². The maximum atomic E-state index is 9.42. The first kappa shape index (κ1) is 10.7. The van der Waals surface area contributed by atoms with Crippen LogP contribution in [0.5, 0.6) is 5.06 Å². The summed E-state index contributed by atoms with van der Waals surface area (Å²) in [5, 5.41) is 11.4. The molecule has 0 atom stereocenters. The van der Waals surface area contributed by atoms with E-state index in [1.807, 2.05) is 6.07 Å². The van der Waals surface area contributed by atoms with Gasteiger partial charge in [0, 0.05) is 5.56 Å². The van der Waals surface area contributed by atoms with E-state index in [1.165, 1.54) is 11.3 Å². The minimum absolute atomic E-state index is 0.232. The second-order valence-electron chi connectivity index (χ2n) is 3.04. The van der Waals surface area contributed by atoms with Gasteiger partial charge in [-0.05, 0) is 19.1 Å². The van der Waals surface area contributed by atoms with Crippen molar-refractivity contribution in [2.75, 3.05) is 0 Å². The Labute approximate surface area is 101 Å². The summed E-state index contributed by atoms with van der Waals surface area (Å²) in [4.78, 5) is 4.22. The molecule has 0 spiro atoms. The molecule has 0 amide bonds. The van der Waals surface area contributed by atoms with Gasteiger partial charge in [-0.2, -0.15) is 0 Å². The smallest absolute Gasteiger partial charge is 0.195 e. The highest BCUT2D eigenvalue weighted by Gasteiger charge is 2.09. The number of rotatable bonds is 1. The first-order chi connectivity index (χ1) is 7.08. The first-order valence-corrected chi connectivity index (χ1v) is 5.77. The lowest BCUT2D eigenvalue weighted by Gasteiger charge is -1.98. The average Bonchev–Trinajstić information content (AvgIpc) is 2.52. The molecule has 0 saturated carbocycles. The summed E-state index contributed by atoms with van der Waals surface area (Å²) >= 11 is 12.9. The van der Waals surface area contributed by atoms with Gasteiger partial charge in [-0.1, -0.05) is 40.6 Å². The third-order valence-corrected chi connectivity index (χ3v) is 3.69. The summed E-state index contributed by atoms with van der Waals surface area (Å²) in [5.74, 6) is 0. The maximum Gasteiger partial charge on any atom is 0.195 e. The molecule has 2 rings (SSSR count). The summed E-state index contributed by atoms with van der Waals surface area (Å²) in [7, 11) is 0. The highest BCUT2D eigenvalue weighted by molar-refractivity contribution is 7.16. The van der Waals surface area contributed by atoms with Gasteiger partial charge < -0.3 is 5.11 Å². The fraction of sp³-hybridized carbons (Fsp3) is 0.100. The van der Waals surface area contributed by atoms with Crippen LogP contribution >= 0.6 is 34.5 Å². The normalized spacial score (nSPS) is 10.6. The lowest BCUT2D eigenvalue weighted by atomic mass is 10.2. The summed E-state index contributed by atoms with van der Waals surface area (Å²) < 4.78 is 0. The Morgan fingerprint density at radius 2 is 2.00 bits per heavy atom. The Kier molecular flexibility index (Phi) is 2.87. The minimum atomic E-state index is 0.232. The molecule has 0 aliphatic carbocycles. The van der Waals surface area contributed by atoms with Gasteiger partial charge in [-0.3, -0.25) is 0 Å². The Morgan fingerprint density at radius 1 is 1.27 bits per heavy atom. The number of thiazole rings is 1. The van der Waals surface area contributed by atoms with Crippen LogP contribution in [-0.4, -0.2) is 10.1 Å². The molecule has 0 fully saturated rings. The molecule has 78 valence electrons. The van der Waals surface area contributed by atoms with Crippen LogP contribution in [0.2, 0.25) is 10.0 Å². The first-order valence-electron chi connectivity index (χ1n) is 4.20. The van der Waals surface area contributed by atoms with Crippen LogP contribution in [-0.2, 0) is 0 Å². The van der Waals surface area contributed by atoms with Gasteiger partial charge in [-0.25, -0.2) is 4.98 Å². The van der Waals surface area contributed by atoms with Crippen molar-refractivity contribution in [2.24, 2.45) is 0 Å². The molecule has 0 unspecified atom stereocenters. The van der Waals surface area contributed by atoms with Crippen LogP contribution < -0.4 is 0 Å². The van der Waals surface area contributed by atoms with Crippen LogP contribution in [0.3, 0.4) is 0 Å². The second-order valence-corrected chi connectivity index (χ2v) is 4.83. The van der Waals surface area contributed by atoms with Crippen LogP contribution in [0.15, 0.2) is 18.2 Å². The van der Waals surface area contributed by atoms with Crippen molar-refractivity contribution in [3.63, 3.8) is 0 Å². The van der Waals surface area contributed by atoms with Crippen molar-refractivity contribution in [3.8, 4) is 15.6 Å². The molecule has 0 bridgehead atoms. The fourth-order valence-corrected chi connectivity index (χ4v) is 2.24. The summed E-state index contributed by atoms with van der Waals surface area (Å²) in [6.45, 7) is 1.76. The van der Waals surface area contributed by atoms with Gasteiger partial charge in [0.15, 0.2) is 5.06 Å². The molecule has 2 nitrogen and oxygen atoms in total. The van der Waals surface area contributed by atoms with E-state index in [4.69, 9.17) is 23.2 Å². The Morgan fingerprint density at radius 3 is 2.53 bits per heavy atom. The fourth-order valence-electron chi connectivity index (χ4n) is 1.14. The zero-order valence-electron chi connectivity index (χ0n) is 7.79. The number of aromatic hydroxyl groups is 1. The van der Waals surface area contributed by atoms with E-state index >= 15 is 0 Å². The van der Waals surface area contributed by atoms with Crippen molar-refractivity contribution in [1.82, 2.24) is 4.98 Å². The van der Waals surface area contributed by atoms with Crippen molar-refractivity contribution in [1.29, 1.82) is 0 Å². The number of hydrogen-bond acceptors (Lipinski definition) is 3. The van der Waals surface area contributed by atoms with Gasteiger partial charge in [0.1, 0.15) is 5.01 Å². The van der Waals surface area contributed by atoms with Crippen LogP contribution in [0.4, 0.5) is 0 Å². The van der Waals surface area contributed by atoms with E-state index in [-0.39, 0.29) is 5.06 Å². The zero-order chi connectivity index (χ0) is 11.0. The standard InChI is InChI=1S/C10H7Cl2NOS/c1-5-10(14)15-9(13-5)6-2-3-7(11)8(12)4-6/h2-4,14H,1H3. The third kappa shape index (κ3) is 2.09. The molecule has 2 aromatic rings. The van der Waals surface area contributed by atoms with Crippen LogP contribution in [0, 0.1) is 6.92 Å². The van der Waals surface area contributed by atoms with Gasteiger partial charge in [-0.15, -0.1) is 0 Å². The van der Waals surface area contributed by atoms with Gasteiger partial charge in [0.05, 0.1) is 15.7 Å². The summed E-state index contributed by atoms with van der Waals surface area (Å²) in [6, 6.07) is 5.28. The van der Waals surface area contributed by atoms with Crippen LogP contribution in [0.25, 0.3) is 10.6 Å². The molecule has 0 radical (unpaired) electrons. The molecular formula is C10H7Cl2NOS. The van der Waals surface area contributed by atoms with Gasteiger partial charge >= 0.3 is 0 Å². The van der Waals surface area contributed by atoms with E-state index in [9.17, 15) is 5.11 Å². The molecule has 0 aliphatic rings. The Hall–Kier alpha value is -0.770. The third-order valence-electron chi connectivity index (χ3n) is 1.94. The quantitative estimate of drug-likeness (QED) is 0.836. The molecule has 0 saturated heterocycles. The number of aromatic nitrogens is 1. The molecule has 5 heteroatoms. The number of halogens is 2. The number of benzene rings is 1. The highest BCUT2D eigenvalue weighted by atomic mass is 35.5. The minimum Gasteiger partial charge on any atom is -0.498 e. The topological polar surface area (TPSA) is 33.1 Å². The maximum absolute atomic E-state index is 9.42. The van der Waals surface area contributed by atoms with E-state index < -0.39 is 0 Å². The Bertz CT molecular complexity index is 491. The van der Waals surface area contributed by atoms with Crippen molar-refractivity contribution < 1.29 is 5.11 Å². The number of hydrogen-bond donors (Lipinski definition) is 1. The summed E-state index contributed by atoms with van der Waals surface area (Å²) in [6.07, 6.45) is 0. The second kappa shape index (κ2) is 4.00. The van der Waals surface area contributed by atoms with Gasteiger partial charge in [0.25, 0.3) is 0 Å². The predicted molar refractivity (Wildman–Crippen MR) is 64.0 cm³/mol. The van der Waals surface area contributed by atoms with E-state index in [0.29, 0.717) is 15.7 Å². The molecule has 1 N–H and O–H groups in total. The van der Waals surface area contributed by atoms with Crippen molar-refractivity contribution >= 4 is 34.5 Å². The molecule has 15 heavy (non-hydrogen) atoms. The average molecular weight is 260 g/mol. The highest BCUT2D eigenvalue weighted by Crippen LogP contribution is 2.34. The lowest BCUT2D eigenvalue weighted by Crippen LogP contribution is -1.77. The van der Waals surface area contributed by atoms with Crippen molar-refractivity contribution in [2.45, 2.75) is 6.92 Å². The van der Waals surface area contributed by atoms with Crippen LogP contribution in [0.1, 0.15) is 5.69 Å². The molecule has 1 aromatic carbocycles. The Balaban J connectivity index is 2.49.